The molecule has 1 saturated carbocycles. The lowest BCUT2D eigenvalue weighted by Gasteiger charge is -2.42. The van der Waals surface area contributed by atoms with Crippen LogP contribution in [0.15, 0.2) is 53.5 Å². The van der Waals surface area contributed by atoms with Gasteiger partial charge in [0, 0.05) is 32.8 Å². The Hall–Kier alpha value is -5.51. The lowest BCUT2D eigenvalue weighted by molar-refractivity contribution is -0.267. The van der Waals surface area contributed by atoms with Gasteiger partial charge in [-0.15, -0.1) is 15.0 Å². The van der Waals surface area contributed by atoms with E-state index in [4.69, 9.17) is 28.7 Å². The molecule has 2 aromatic carbocycles. The van der Waals surface area contributed by atoms with Crippen LogP contribution in [0.5, 0.6) is 0 Å². The van der Waals surface area contributed by atoms with Crippen LogP contribution in [0.25, 0.3) is 22.5 Å². The highest BCUT2D eigenvalue weighted by atomic mass is 16.7. The summed E-state index contributed by atoms with van der Waals surface area (Å²) < 4.78 is 27.2. The number of rotatable bonds is 12. The van der Waals surface area contributed by atoms with E-state index >= 15 is 0 Å². The number of aromatic nitrogens is 4. The minimum Gasteiger partial charge on any atom is -0.467 e. The molecule has 0 N–H and O–H groups in total. The van der Waals surface area contributed by atoms with Crippen LogP contribution < -0.4 is 0 Å². The van der Waals surface area contributed by atoms with Crippen molar-refractivity contribution >= 4 is 35.6 Å². The number of unbranched alkanes of at least 4 members (excludes halogenated alkanes) is 1. The van der Waals surface area contributed by atoms with Gasteiger partial charge < -0.3 is 23.7 Å². The highest BCUT2D eigenvalue weighted by Gasteiger charge is 2.56. The molecule has 0 unspecified atom stereocenters. The standard InChI is InChI=1S/C38H44N6O10/c1-6-7-14-29-39-38(19-10-11-20-38)37(49)43(29)21-25-15-17-26(18-16-25)27-12-8-9-13-28(27)34-40-42-44(41-34)35-32(53-24(4)47)30(51-22(2)45)31(52-23(3)46)33(54-35)36(48)50-5/h8-9,12-13,15-18,30-33,35H,6-7,10-11,14,19-21H2,1-5H3/t30-,31-,32+,33-,35+/m1/s1. The number of aliphatic imine (C=N–C) groups is 1. The minimum atomic E-state index is -1.62. The number of esters is 4. The summed E-state index contributed by atoms with van der Waals surface area (Å²) in [4.78, 5) is 71.0. The van der Waals surface area contributed by atoms with Crippen molar-refractivity contribution < 1.29 is 47.7 Å². The van der Waals surface area contributed by atoms with Gasteiger partial charge >= 0.3 is 23.9 Å². The number of hydrogen-bond donors (Lipinski definition) is 0. The highest BCUT2D eigenvalue weighted by molar-refractivity contribution is 6.08. The molecule has 0 bridgehead atoms. The largest absolute Gasteiger partial charge is 0.467 e. The molecular weight excluding hydrogens is 700 g/mol. The maximum absolute atomic E-state index is 13.7. The molecule has 1 aliphatic carbocycles. The van der Waals surface area contributed by atoms with Gasteiger partial charge in [-0.05, 0) is 41.2 Å². The fourth-order valence-electron chi connectivity index (χ4n) is 7.32. The maximum atomic E-state index is 13.7. The fourth-order valence-corrected chi connectivity index (χ4v) is 7.32. The number of benzene rings is 2. The average molecular weight is 745 g/mol. The third-order valence-electron chi connectivity index (χ3n) is 9.76. The molecule has 3 heterocycles. The van der Waals surface area contributed by atoms with Crippen LogP contribution >= 0.6 is 0 Å². The molecule has 286 valence electrons. The molecule has 1 saturated heterocycles. The predicted octanol–water partition coefficient (Wildman–Crippen LogP) is 4.12. The molecule has 1 aromatic heterocycles. The Kier molecular flexibility index (Phi) is 11.5. The van der Waals surface area contributed by atoms with Gasteiger partial charge in [-0.3, -0.25) is 29.1 Å². The van der Waals surface area contributed by atoms with E-state index in [2.05, 4.69) is 22.3 Å². The van der Waals surface area contributed by atoms with Crippen molar-refractivity contribution in [1.29, 1.82) is 0 Å². The number of amidine groups is 1. The first-order valence-electron chi connectivity index (χ1n) is 18.1. The summed E-state index contributed by atoms with van der Waals surface area (Å²) in [7, 11) is 1.11. The Morgan fingerprint density at radius 1 is 0.870 bits per heavy atom. The molecule has 1 spiro atoms. The van der Waals surface area contributed by atoms with Crippen molar-refractivity contribution in [3.63, 3.8) is 0 Å². The van der Waals surface area contributed by atoms with E-state index in [0.717, 1.165) is 100 Å². The van der Waals surface area contributed by atoms with E-state index in [-0.39, 0.29) is 11.7 Å². The molecule has 2 aliphatic heterocycles. The monoisotopic (exact) mass is 744 g/mol. The van der Waals surface area contributed by atoms with Gasteiger partial charge in [0.1, 0.15) is 11.4 Å². The second kappa shape index (κ2) is 16.2. The topological polar surface area (TPSA) is 191 Å². The van der Waals surface area contributed by atoms with Crippen LogP contribution in [0, 0.1) is 0 Å². The van der Waals surface area contributed by atoms with E-state index in [9.17, 15) is 24.0 Å². The zero-order valence-corrected chi connectivity index (χ0v) is 30.9. The zero-order chi connectivity index (χ0) is 38.6. The van der Waals surface area contributed by atoms with Crippen LogP contribution in [0.1, 0.15) is 84.4 Å². The molecule has 3 aromatic rings. The molecule has 3 aliphatic rings. The molecule has 2 fully saturated rings. The molecule has 16 heteroatoms. The van der Waals surface area contributed by atoms with Gasteiger partial charge in [-0.1, -0.05) is 74.7 Å². The Morgan fingerprint density at radius 3 is 2.13 bits per heavy atom. The summed E-state index contributed by atoms with van der Waals surface area (Å²) in [6.45, 7) is 5.91. The van der Waals surface area contributed by atoms with Crippen LogP contribution in [0.2, 0.25) is 0 Å². The summed E-state index contributed by atoms with van der Waals surface area (Å²) >= 11 is 0. The number of carbonyl (C=O) groups excluding carboxylic acids is 5. The summed E-state index contributed by atoms with van der Waals surface area (Å²) in [5, 5.41) is 13.0. The van der Waals surface area contributed by atoms with Crippen molar-refractivity contribution in [3.05, 3.63) is 54.1 Å². The van der Waals surface area contributed by atoms with E-state index in [0.29, 0.717) is 12.1 Å². The summed E-state index contributed by atoms with van der Waals surface area (Å²) in [6.07, 6.45) is -1.20. The third kappa shape index (κ3) is 7.88. The fraction of sp³-hybridized carbons (Fsp3) is 0.500. The molecule has 0 radical (unpaired) electrons. The number of methoxy groups -OCH3 is 1. The third-order valence-corrected chi connectivity index (χ3v) is 9.76. The van der Waals surface area contributed by atoms with Crippen molar-refractivity contribution in [2.24, 2.45) is 4.99 Å². The molecule has 6 rings (SSSR count). The first kappa shape index (κ1) is 38.2. The number of hydrogen-bond acceptors (Lipinski definition) is 14. The van der Waals surface area contributed by atoms with Gasteiger partial charge in [0.05, 0.1) is 13.7 Å². The molecule has 54 heavy (non-hydrogen) atoms. The summed E-state index contributed by atoms with van der Waals surface area (Å²) in [5.41, 5.74) is 2.59. The number of ether oxygens (including phenoxy) is 5. The number of amides is 1. The Labute approximate surface area is 312 Å². The van der Waals surface area contributed by atoms with Crippen LogP contribution in [-0.2, 0) is 54.2 Å². The van der Waals surface area contributed by atoms with Crippen molar-refractivity contribution in [2.75, 3.05) is 7.11 Å². The van der Waals surface area contributed by atoms with Crippen molar-refractivity contribution in [2.45, 2.75) is 115 Å². The lowest BCUT2D eigenvalue weighted by atomic mass is 9.97. The SMILES string of the molecule is CCCCC1=NC2(CCCC2)C(=O)N1Cc1ccc(-c2ccccc2-c2nnn([C@H]3O[C@@H](C(=O)OC)[C@H](OC(C)=O)[C@@H](OC(C)=O)[C@@H]3OC(C)=O)n2)cc1. The smallest absolute Gasteiger partial charge is 0.339 e. The minimum absolute atomic E-state index is 0.103. The Morgan fingerprint density at radius 2 is 1.50 bits per heavy atom. The van der Waals surface area contributed by atoms with Gasteiger partial charge in [-0.25, -0.2) is 4.79 Å². The zero-order valence-electron chi connectivity index (χ0n) is 30.9. The Balaban J connectivity index is 1.28. The van der Waals surface area contributed by atoms with Crippen LogP contribution in [0.4, 0.5) is 0 Å². The second-order valence-corrected chi connectivity index (χ2v) is 13.6. The number of carbonyl (C=O) groups is 5. The average Bonchev–Trinajstić information content (AvgIpc) is 3.89. The summed E-state index contributed by atoms with van der Waals surface area (Å²) in [5.74, 6) is -2.20. The first-order chi connectivity index (χ1) is 25.9. The molecule has 1 amide bonds. The van der Waals surface area contributed by atoms with Crippen molar-refractivity contribution in [1.82, 2.24) is 25.1 Å². The maximum Gasteiger partial charge on any atom is 0.339 e. The van der Waals surface area contributed by atoms with Crippen LogP contribution in [0.3, 0.4) is 0 Å². The van der Waals surface area contributed by atoms with E-state index in [1.54, 1.807) is 0 Å². The molecule has 5 atom stereocenters. The predicted molar refractivity (Wildman–Crippen MR) is 190 cm³/mol. The number of nitrogens with zero attached hydrogens (tertiary/aromatic N) is 6. The van der Waals surface area contributed by atoms with Crippen molar-refractivity contribution in [3.8, 4) is 22.5 Å². The second-order valence-electron chi connectivity index (χ2n) is 13.6. The Bertz CT molecular complexity index is 1920. The van der Waals surface area contributed by atoms with Gasteiger partial charge in [0.15, 0.2) is 24.4 Å². The van der Waals surface area contributed by atoms with E-state index < -0.39 is 60.1 Å². The normalized spacial score (nSPS) is 23.2. The van der Waals surface area contributed by atoms with Gasteiger partial charge in [-0.2, -0.15) is 0 Å². The summed E-state index contributed by atoms with van der Waals surface area (Å²) in [6, 6.07) is 15.3. The first-order valence-corrected chi connectivity index (χ1v) is 18.1. The van der Waals surface area contributed by atoms with E-state index in [1.165, 1.54) is 0 Å². The quantitative estimate of drug-likeness (QED) is 0.190. The highest BCUT2D eigenvalue weighted by Crippen LogP contribution is 2.40. The molecule has 16 nitrogen and oxygen atoms in total. The van der Waals surface area contributed by atoms with Gasteiger partial charge in [0.2, 0.25) is 12.1 Å². The number of tetrazole rings is 1. The lowest BCUT2D eigenvalue weighted by Crippen LogP contribution is -2.61. The van der Waals surface area contributed by atoms with E-state index in [1.807, 2.05) is 53.4 Å². The van der Waals surface area contributed by atoms with Crippen LogP contribution in [-0.4, -0.2) is 97.8 Å². The molecular formula is C38H44N6O10. The van der Waals surface area contributed by atoms with Gasteiger partial charge in [0.25, 0.3) is 5.91 Å².